The molecule has 0 spiro atoms. The molecule has 1 aromatic rings. The molecule has 1 heterocycles. The van der Waals surface area contributed by atoms with Gasteiger partial charge in [0.1, 0.15) is 5.82 Å². The average molecular weight is 172 g/mol. The van der Waals surface area contributed by atoms with Gasteiger partial charge >= 0.3 is 0 Å². The molecular weight excluding hydrogens is 165 g/mol. The Bertz CT molecular complexity index is 283. The lowest BCUT2D eigenvalue weighted by molar-refractivity contribution is 0.627. The first kappa shape index (κ1) is 7.07. The topological polar surface area (TPSA) is 21.9 Å². The first-order chi connectivity index (χ1) is 5.27. The van der Waals surface area contributed by atoms with Crippen LogP contribution in [0.3, 0.4) is 0 Å². The Morgan fingerprint density at radius 3 is 2.82 bits per heavy atom. The molecule has 1 aromatic carbocycles. The van der Waals surface area contributed by atoms with E-state index in [1.165, 1.54) is 6.07 Å². The summed E-state index contributed by atoms with van der Waals surface area (Å²) >= 11 is 5.58. The standard InChI is InChI=1S/C8H7ClFN/c9-6-3-5(8-4-11-8)1-2-7(6)10/h1-3,8,11H,4H2/t8-/m1/s1. The Morgan fingerprint density at radius 1 is 1.55 bits per heavy atom. The predicted octanol–water partition coefficient (Wildman–Crippen LogP) is 2.12. The number of rotatable bonds is 1. The second-order valence-electron chi connectivity index (χ2n) is 2.63. The summed E-state index contributed by atoms with van der Waals surface area (Å²) in [6.07, 6.45) is 0. The lowest BCUT2D eigenvalue weighted by Gasteiger charge is -1.97. The number of benzene rings is 1. The van der Waals surface area contributed by atoms with Gasteiger partial charge in [0, 0.05) is 12.6 Å². The van der Waals surface area contributed by atoms with Gasteiger partial charge in [-0.3, -0.25) is 0 Å². The molecule has 0 aromatic heterocycles. The minimum atomic E-state index is -0.351. The minimum Gasteiger partial charge on any atom is -0.307 e. The summed E-state index contributed by atoms with van der Waals surface area (Å²) in [6, 6.07) is 5.22. The SMILES string of the molecule is Fc1ccc([C@H]2CN2)cc1Cl. The molecule has 58 valence electrons. The minimum absolute atomic E-state index is 0.205. The lowest BCUT2D eigenvalue weighted by Crippen LogP contribution is -1.85. The molecule has 1 fully saturated rings. The van der Waals surface area contributed by atoms with Gasteiger partial charge in [-0.2, -0.15) is 0 Å². The monoisotopic (exact) mass is 171 g/mol. The molecule has 1 nitrogen and oxygen atoms in total. The quantitative estimate of drug-likeness (QED) is 0.643. The van der Waals surface area contributed by atoms with Gasteiger partial charge in [-0.25, -0.2) is 4.39 Å². The summed E-state index contributed by atoms with van der Waals surface area (Å²) in [4.78, 5) is 0. The molecule has 1 aliphatic rings. The van der Waals surface area contributed by atoms with E-state index >= 15 is 0 Å². The molecule has 11 heavy (non-hydrogen) atoms. The molecule has 0 saturated carbocycles. The van der Waals surface area contributed by atoms with E-state index in [-0.39, 0.29) is 10.8 Å². The molecule has 0 unspecified atom stereocenters. The van der Waals surface area contributed by atoms with Gasteiger partial charge in [-0.1, -0.05) is 17.7 Å². The molecule has 0 bridgehead atoms. The van der Waals surface area contributed by atoms with Crippen molar-refractivity contribution in [2.75, 3.05) is 6.54 Å². The van der Waals surface area contributed by atoms with Gasteiger partial charge in [0.05, 0.1) is 5.02 Å². The van der Waals surface area contributed by atoms with Crippen LogP contribution in [0.2, 0.25) is 5.02 Å². The Hall–Kier alpha value is -0.600. The maximum atomic E-state index is 12.6. The zero-order chi connectivity index (χ0) is 7.84. The van der Waals surface area contributed by atoms with Crippen LogP contribution in [0.4, 0.5) is 4.39 Å². The Labute approximate surface area is 69.2 Å². The largest absolute Gasteiger partial charge is 0.307 e. The van der Waals surface area contributed by atoms with Crippen molar-refractivity contribution >= 4 is 11.6 Å². The fourth-order valence-corrected chi connectivity index (χ4v) is 1.21. The summed E-state index contributed by atoms with van der Waals surface area (Å²) in [5, 5.41) is 3.32. The van der Waals surface area contributed by atoms with Crippen LogP contribution in [0.5, 0.6) is 0 Å². The maximum absolute atomic E-state index is 12.6. The van der Waals surface area contributed by atoms with Crippen molar-refractivity contribution in [2.24, 2.45) is 0 Å². The van der Waals surface area contributed by atoms with E-state index in [1.807, 2.05) is 0 Å². The number of halogens is 2. The summed E-state index contributed by atoms with van der Waals surface area (Å²) < 4.78 is 12.6. The van der Waals surface area contributed by atoms with Crippen molar-refractivity contribution in [3.63, 3.8) is 0 Å². The molecule has 1 atom stereocenters. The van der Waals surface area contributed by atoms with Crippen LogP contribution in [-0.2, 0) is 0 Å². The molecule has 0 aliphatic carbocycles. The van der Waals surface area contributed by atoms with Gasteiger partial charge in [0.25, 0.3) is 0 Å². The second-order valence-corrected chi connectivity index (χ2v) is 3.04. The number of hydrogen-bond acceptors (Lipinski definition) is 1. The Kier molecular flexibility index (Phi) is 1.59. The van der Waals surface area contributed by atoms with Crippen LogP contribution in [0, 0.1) is 5.82 Å². The number of hydrogen-bond donors (Lipinski definition) is 1. The van der Waals surface area contributed by atoms with E-state index in [2.05, 4.69) is 5.32 Å². The van der Waals surface area contributed by atoms with E-state index in [0.717, 1.165) is 12.1 Å². The highest BCUT2D eigenvalue weighted by atomic mass is 35.5. The van der Waals surface area contributed by atoms with E-state index in [4.69, 9.17) is 11.6 Å². The van der Waals surface area contributed by atoms with E-state index < -0.39 is 0 Å². The fraction of sp³-hybridized carbons (Fsp3) is 0.250. The first-order valence-electron chi connectivity index (χ1n) is 3.46. The maximum Gasteiger partial charge on any atom is 0.141 e. The third-order valence-corrected chi connectivity index (χ3v) is 2.04. The molecule has 1 aliphatic heterocycles. The van der Waals surface area contributed by atoms with Crippen LogP contribution in [-0.4, -0.2) is 6.54 Å². The zero-order valence-corrected chi connectivity index (χ0v) is 6.53. The summed E-state index contributed by atoms with van der Waals surface area (Å²) in [5.74, 6) is -0.351. The fourth-order valence-electron chi connectivity index (χ4n) is 1.02. The average Bonchev–Trinajstić information content (AvgIpc) is 2.77. The molecule has 3 heteroatoms. The normalized spacial score (nSPS) is 21.8. The number of nitrogens with one attached hydrogen (secondary N) is 1. The third kappa shape index (κ3) is 1.37. The summed E-state index contributed by atoms with van der Waals surface area (Å²) in [6.45, 7) is 0.974. The Balaban J connectivity index is 2.36. The smallest absolute Gasteiger partial charge is 0.141 e. The molecule has 0 amide bonds. The zero-order valence-electron chi connectivity index (χ0n) is 5.77. The molecule has 1 N–H and O–H groups in total. The van der Waals surface area contributed by atoms with Crippen molar-refractivity contribution in [3.05, 3.63) is 34.6 Å². The van der Waals surface area contributed by atoms with Gasteiger partial charge in [-0.05, 0) is 17.7 Å². The van der Waals surface area contributed by atoms with Crippen LogP contribution in [0.1, 0.15) is 11.6 Å². The molecule has 2 rings (SSSR count). The van der Waals surface area contributed by atoms with Crippen molar-refractivity contribution in [1.29, 1.82) is 0 Å². The van der Waals surface area contributed by atoms with Crippen LogP contribution >= 0.6 is 11.6 Å². The van der Waals surface area contributed by atoms with Gasteiger partial charge in [0.15, 0.2) is 0 Å². The van der Waals surface area contributed by atoms with Crippen LogP contribution in [0.25, 0.3) is 0 Å². The van der Waals surface area contributed by atoms with Crippen LogP contribution < -0.4 is 5.32 Å². The highest BCUT2D eigenvalue weighted by Crippen LogP contribution is 2.25. The van der Waals surface area contributed by atoms with Gasteiger partial charge < -0.3 is 5.32 Å². The Morgan fingerprint density at radius 2 is 2.27 bits per heavy atom. The molecular formula is C8H7ClFN. The lowest BCUT2D eigenvalue weighted by atomic mass is 10.1. The van der Waals surface area contributed by atoms with Crippen molar-refractivity contribution < 1.29 is 4.39 Å². The highest BCUT2D eigenvalue weighted by Gasteiger charge is 2.22. The van der Waals surface area contributed by atoms with E-state index in [1.54, 1.807) is 12.1 Å². The summed E-state index contributed by atoms with van der Waals surface area (Å²) in [7, 11) is 0. The van der Waals surface area contributed by atoms with E-state index in [9.17, 15) is 4.39 Å². The van der Waals surface area contributed by atoms with E-state index in [0.29, 0.717) is 6.04 Å². The predicted molar refractivity (Wildman–Crippen MR) is 42.2 cm³/mol. The van der Waals surface area contributed by atoms with Crippen LogP contribution in [0.15, 0.2) is 18.2 Å². The van der Waals surface area contributed by atoms with Crippen molar-refractivity contribution in [3.8, 4) is 0 Å². The van der Waals surface area contributed by atoms with Gasteiger partial charge in [-0.15, -0.1) is 0 Å². The van der Waals surface area contributed by atoms with Crippen molar-refractivity contribution in [1.82, 2.24) is 5.32 Å². The first-order valence-corrected chi connectivity index (χ1v) is 3.83. The molecule has 1 saturated heterocycles. The van der Waals surface area contributed by atoms with Crippen molar-refractivity contribution in [2.45, 2.75) is 6.04 Å². The highest BCUT2D eigenvalue weighted by molar-refractivity contribution is 6.30. The third-order valence-electron chi connectivity index (χ3n) is 1.75. The summed E-state index contributed by atoms with van der Waals surface area (Å²) in [5.41, 5.74) is 1.07. The second kappa shape index (κ2) is 2.47. The molecule has 0 radical (unpaired) electrons. The van der Waals surface area contributed by atoms with Gasteiger partial charge in [0.2, 0.25) is 0 Å².